The van der Waals surface area contributed by atoms with Gasteiger partial charge in [0.25, 0.3) is 5.91 Å². The highest BCUT2D eigenvalue weighted by Gasteiger charge is 2.25. The van der Waals surface area contributed by atoms with E-state index in [1.165, 1.54) is 11.3 Å². The van der Waals surface area contributed by atoms with Gasteiger partial charge in [-0.1, -0.05) is 23.2 Å². The maximum absolute atomic E-state index is 12.6. The molecule has 10 heteroatoms. The van der Waals surface area contributed by atoms with Crippen molar-refractivity contribution < 1.29 is 4.79 Å². The maximum Gasteiger partial charge on any atom is 0.256 e. The lowest BCUT2D eigenvalue weighted by molar-refractivity contribution is 0.0747. The van der Waals surface area contributed by atoms with Crippen LogP contribution in [0.2, 0.25) is 8.67 Å². The Kier molecular flexibility index (Phi) is 5.03. The van der Waals surface area contributed by atoms with Gasteiger partial charge in [-0.15, -0.1) is 21.5 Å². The van der Waals surface area contributed by atoms with Gasteiger partial charge in [0.1, 0.15) is 4.34 Å². The molecule has 0 unspecified atom stereocenters. The average Bonchev–Trinajstić information content (AvgIpc) is 3.26. The number of thiophene rings is 1. The van der Waals surface area contributed by atoms with Crippen molar-refractivity contribution in [3.63, 3.8) is 0 Å². The Balaban J connectivity index is 1.40. The zero-order chi connectivity index (χ0) is 19.0. The van der Waals surface area contributed by atoms with Crippen LogP contribution in [0.15, 0.2) is 30.5 Å². The molecule has 0 radical (unpaired) electrons. The molecule has 4 heterocycles. The number of hydrogen-bond donors (Lipinski definition) is 0. The summed E-state index contributed by atoms with van der Waals surface area (Å²) >= 11 is 13.3. The molecule has 0 saturated carbocycles. The summed E-state index contributed by atoms with van der Waals surface area (Å²) in [6, 6.07) is 7.36. The van der Waals surface area contributed by atoms with Gasteiger partial charge in [-0.3, -0.25) is 4.79 Å². The van der Waals surface area contributed by atoms with Gasteiger partial charge in [0.2, 0.25) is 0 Å². The predicted octanol–water partition coefficient (Wildman–Crippen LogP) is 3.30. The summed E-state index contributed by atoms with van der Waals surface area (Å²) in [6.45, 7) is 4.46. The Morgan fingerprint density at radius 2 is 1.78 bits per heavy atom. The second kappa shape index (κ2) is 7.46. The minimum atomic E-state index is -0.0849. The minimum absolute atomic E-state index is 0.0849. The standard InChI is InChI=1S/C17H16Cl2N6OS/c1-11-4-5-25(22-11)15-3-2-14(20-21-15)23-6-8-24(9-7-23)17(26)12-10-13(18)27-16(12)19/h2-5,10H,6-9H2,1H3. The molecule has 0 aliphatic carbocycles. The second-order valence-corrected chi connectivity index (χ2v) is 8.45. The van der Waals surface area contributed by atoms with Crippen LogP contribution < -0.4 is 4.90 Å². The number of carbonyl (C=O) groups excluding carboxylic acids is 1. The topological polar surface area (TPSA) is 67.2 Å². The fourth-order valence-electron chi connectivity index (χ4n) is 2.95. The minimum Gasteiger partial charge on any atom is -0.352 e. The monoisotopic (exact) mass is 422 g/mol. The van der Waals surface area contributed by atoms with Gasteiger partial charge < -0.3 is 9.80 Å². The first kappa shape index (κ1) is 18.2. The fraction of sp³-hybridized carbons (Fsp3) is 0.294. The summed E-state index contributed by atoms with van der Waals surface area (Å²) in [7, 11) is 0. The number of nitrogens with zero attached hydrogens (tertiary/aromatic N) is 6. The van der Waals surface area contributed by atoms with Crippen LogP contribution >= 0.6 is 34.5 Å². The predicted molar refractivity (Wildman–Crippen MR) is 106 cm³/mol. The van der Waals surface area contributed by atoms with E-state index in [9.17, 15) is 4.79 Å². The molecule has 1 aliphatic rings. The normalized spacial score (nSPS) is 14.6. The zero-order valence-corrected chi connectivity index (χ0v) is 16.8. The molecular weight excluding hydrogens is 407 g/mol. The molecule has 1 aliphatic heterocycles. The van der Waals surface area contributed by atoms with Crippen LogP contribution in [-0.2, 0) is 0 Å². The maximum atomic E-state index is 12.6. The molecule has 140 valence electrons. The summed E-state index contributed by atoms with van der Waals surface area (Å²) < 4.78 is 2.64. The molecule has 27 heavy (non-hydrogen) atoms. The summed E-state index contributed by atoms with van der Waals surface area (Å²) in [5, 5.41) is 12.9. The van der Waals surface area contributed by atoms with E-state index < -0.39 is 0 Å². The van der Waals surface area contributed by atoms with Crippen molar-refractivity contribution in [3.05, 3.63) is 50.4 Å². The van der Waals surface area contributed by atoms with E-state index >= 15 is 0 Å². The van der Waals surface area contributed by atoms with E-state index in [0.717, 1.165) is 11.5 Å². The molecule has 0 bridgehead atoms. The molecule has 1 saturated heterocycles. The Labute approximate surface area is 170 Å². The van der Waals surface area contributed by atoms with Crippen LogP contribution in [0.4, 0.5) is 5.82 Å². The molecule has 1 amide bonds. The number of aromatic nitrogens is 4. The fourth-order valence-corrected chi connectivity index (χ4v) is 4.39. The molecule has 1 fully saturated rings. The molecular formula is C17H16Cl2N6OS. The van der Waals surface area contributed by atoms with Crippen molar-refractivity contribution in [2.45, 2.75) is 6.92 Å². The number of hydrogen-bond acceptors (Lipinski definition) is 6. The SMILES string of the molecule is Cc1ccn(-c2ccc(N3CCN(C(=O)c4cc(Cl)sc4Cl)CC3)nn2)n1. The third-order valence-electron chi connectivity index (χ3n) is 4.37. The average molecular weight is 423 g/mol. The molecule has 3 aromatic heterocycles. The van der Waals surface area contributed by atoms with Crippen molar-refractivity contribution in [2.24, 2.45) is 0 Å². The number of amides is 1. The lowest BCUT2D eigenvalue weighted by atomic mass is 10.2. The molecule has 4 rings (SSSR count). The van der Waals surface area contributed by atoms with Gasteiger partial charge in [-0.25, -0.2) is 4.68 Å². The van der Waals surface area contributed by atoms with Gasteiger partial charge in [0.15, 0.2) is 11.6 Å². The third kappa shape index (κ3) is 3.78. The quantitative estimate of drug-likeness (QED) is 0.647. The van der Waals surface area contributed by atoms with Crippen molar-refractivity contribution in [1.29, 1.82) is 0 Å². The van der Waals surface area contributed by atoms with E-state index in [4.69, 9.17) is 23.2 Å². The highest BCUT2D eigenvalue weighted by Crippen LogP contribution is 2.32. The number of anilines is 1. The van der Waals surface area contributed by atoms with Crippen molar-refractivity contribution >= 4 is 46.3 Å². The van der Waals surface area contributed by atoms with Crippen LogP contribution in [0, 0.1) is 6.92 Å². The van der Waals surface area contributed by atoms with Gasteiger partial charge in [-0.2, -0.15) is 5.10 Å². The van der Waals surface area contributed by atoms with Crippen molar-refractivity contribution in [1.82, 2.24) is 24.9 Å². The number of piperazine rings is 1. The highest BCUT2D eigenvalue weighted by atomic mass is 35.5. The highest BCUT2D eigenvalue weighted by molar-refractivity contribution is 7.20. The van der Waals surface area contributed by atoms with Gasteiger partial charge in [0, 0.05) is 32.4 Å². The van der Waals surface area contributed by atoms with Gasteiger partial charge >= 0.3 is 0 Å². The van der Waals surface area contributed by atoms with Crippen LogP contribution in [0.3, 0.4) is 0 Å². The van der Waals surface area contributed by atoms with Gasteiger partial charge in [0.05, 0.1) is 15.6 Å². The summed E-state index contributed by atoms with van der Waals surface area (Å²) in [4.78, 5) is 16.5. The summed E-state index contributed by atoms with van der Waals surface area (Å²) in [6.07, 6.45) is 1.85. The van der Waals surface area contributed by atoms with E-state index in [1.807, 2.05) is 31.3 Å². The first-order valence-electron chi connectivity index (χ1n) is 8.37. The Hall–Kier alpha value is -2.16. The smallest absolute Gasteiger partial charge is 0.256 e. The Morgan fingerprint density at radius 3 is 2.33 bits per heavy atom. The van der Waals surface area contributed by atoms with E-state index in [-0.39, 0.29) is 5.91 Å². The Bertz CT molecular complexity index is 962. The van der Waals surface area contributed by atoms with E-state index in [1.54, 1.807) is 15.6 Å². The number of carbonyl (C=O) groups is 1. The Morgan fingerprint density at radius 1 is 1.07 bits per heavy atom. The molecule has 0 atom stereocenters. The molecule has 7 nitrogen and oxygen atoms in total. The largest absolute Gasteiger partial charge is 0.352 e. The summed E-state index contributed by atoms with van der Waals surface area (Å²) in [5.74, 6) is 1.37. The van der Waals surface area contributed by atoms with Crippen LogP contribution in [-0.4, -0.2) is 57.0 Å². The number of aryl methyl sites for hydroxylation is 1. The van der Waals surface area contributed by atoms with Gasteiger partial charge in [-0.05, 0) is 31.2 Å². The summed E-state index contributed by atoms with van der Waals surface area (Å²) in [5.41, 5.74) is 1.40. The molecule has 0 aromatic carbocycles. The molecule has 0 spiro atoms. The van der Waals surface area contributed by atoms with E-state index in [0.29, 0.717) is 46.2 Å². The first-order valence-corrected chi connectivity index (χ1v) is 9.94. The second-order valence-electron chi connectivity index (χ2n) is 6.17. The molecule has 3 aromatic rings. The lowest BCUT2D eigenvalue weighted by Crippen LogP contribution is -2.49. The third-order valence-corrected chi connectivity index (χ3v) is 5.86. The van der Waals surface area contributed by atoms with Crippen LogP contribution in [0.1, 0.15) is 16.1 Å². The van der Waals surface area contributed by atoms with Crippen molar-refractivity contribution in [3.8, 4) is 5.82 Å². The number of rotatable bonds is 3. The van der Waals surface area contributed by atoms with Crippen molar-refractivity contribution in [2.75, 3.05) is 31.1 Å². The van der Waals surface area contributed by atoms with E-state index in [2.05, 4.69) is 20.2 Å². The number of halogens is 2. The first-order chi connectivity index (χ1) is 13.0. The van der Waals surface area contributed by atoms with Crippen LogP contribution in [0.5, 0.6) is 0 Å². The molecule has 0 N–H and O–H groups in total. The zero-order valence-electron chi connectivity index (χ0n) is 14.5. The lowest BCUT2D eigenvalue weighted by Gasteiger charge is -2.35. The van der Waals surface area contributed by atoms with Crippen LogP contribution in [0.25, 0.3) is 5.82 Å².